The maximum atomic E-state index is 4.84. The molecule has 5 aromatic heterocycles. The first kappa shape index (κ1) is 21.4. The van der Waals surface area contributed by atoms with Crippen LogP contribution in [0.3, 0.4) is 0 Å². The zero-order valence-corrected chi connectivity index (χ0v) is 20.5. The third-order valence-corrected chi connectivity index (χ3v) is 5.86. The second kappa shape index (κ2) is 8.57. The first-order chi connectivity index (χ1) is 16.8. The number of nitrogens with zero attached hydrogens (tertiary/aromatic N) is 6. The Labute approximate surface area is 213 Å². The van der Waals surface area contributed by atoms with Crippen molar-refractivity contribution < 1.29 is 21.1 Å². The molecule has 7 aromatic rings. The van der Waals surface area contributed by atoms with Crippen LogP contribution in [0.15, 0.2) is 97.1 Å². The van der Waals surface area contributed by atoms with Gasteiger partial charge in [-0.05, 0) is 80.3 Å². The van der Waals surface area contributed by atoms with Crippen LogP contribution in [0.2, 0.25) is 0 Å². The van der Waals surface area contributed by atoms with Gasteiger partial charge in [-0.2, -0.15) is 0 Å². The summed E-state index contributed by atoms with van der Waals surface area (Å²) in [5.41, 5.74) is 5.63. The summed E-state index contributed by atoms with van der Waals surface area (Å²) in [5.74, 6) is 0. The number of hydrogen-bond acceptors (Lipinski definition) is 4. The molecule has 168 valence electrons. The van der Waals surface area contributed by atoms with E-state index in [1.165, 1.54) is 0 Å². The van der Waals surface area contributed by atoms with Crippen LogP contribution >= 0.6 is 0 Å². The van der Waals surface area contributed by atoms with E-state index in [0.717, 1.165) is 43.6 Å². The SMILES string of the molecule is [Pt+2].c1cc2cc3[n-]c(nc4cccc(n4)nc4[n-]c(cc(c1)n2)c1ccccc41)c1ccccc31. The van der Waals surface area contributed by atoms with E-state index in [0.29, 0.717) is 22.6 Å². The van der Waals surface area contributed by atoms with Gasteiger partial charge < -0.3 is 19.9 Å². The number of aromatic nitrogens is 6. The van der Waals surface area contributed by atoms with Crippen molar-refractivity contribution in [1.82, 2.24) is 29.9 Å². The summed E-state index contributed by atoms with van der Waals surface area (Å²) in [6, 6.07) is 31.7. The van der Waals surface area contributed by atoms with Crippen molar-refractivity contribution in [2.75, 3.05) is 0 Å². The van der Waals surface area contributed by atoms with Crippen LogP contribution in [-0.4, -0.2) is 19.9 Å². The fraction of sp³-hybridized carbons (Fsp3) is 0. The summed E-state index contributed by atoms with van der Waals surface area (Å²) in [5, 5.41) is 3.99. The van der Waals surface area contributed by atoms with Gasteiger partial charge in [0.15, 0.2) is 0 Å². The smallest absolute Gasteiger partial charge is 0.435 e. The summed E-state index contributed by atoms with van der Waals surface area (Å²) in [4.78, 5) is 28.7. The average Bonchev–Trinajstić information content (AvgIpc) is 3.37. The maximum absolute atomic E-state index is 4.84. The molecule has 0 fully saturated rings. The molecule has 7 heteroatoms. The number of hydrogen-bond donors (Lipinski definition) is 0. The van der Waals surface area contributed by atoms with E-state index in [9.17, 15) is 0 Å². The van der Waals surface area contributed by atoms with Gasteiger partial charge in [0.25, 0.3) is 0 Å². The molecule has 0 aliphatic carbocycles. The number of fused-ring (bicyclic) bond motifs is 14. The normalized spacial score (nSPS) is 11.2. The van der Waals surface area contributed by atoms with Crippen LogP contribution in [0.25, 0.3) is 66.2 Å². The molecule has 0 saturated heterocycles. The molecule has 8 bridgehead atoms. The molecular weight excluding hydrogens is 615 g/mol. The molecule has 0 atom stereocenters. The molecule has 0 aliphatic heterocycles. The van der Waals surface area contributed by atoms with Gasteiger partial charge in [-0.25, -0.2) is 4.98 Å². The van der Waals surface area contributed by atoms with Gasteiger partial charge in [0.2, 0.25) is 0 Å². The fourth-order valence-corrected chi connectivity index (χ4v) is 4.33. The molecule has 0 radical (unpaired) electrons. The topological polar surface area (TPSA) is 79.8 Å². The fourth-order valence-electron chi connectivity index (χ4n) is 4.33. The molecule has 35 heavy (non-hydrogen) atoms. The van der Waals surface area contributed by atoms with Crippen molar-refractivity contribution in [3.05, 3.63) is 97.1 Å². The van der Waals surface area contributed by atoms with Crippen molar-refractivity contribution >= 4 is 66.2 Å². The molecule has 0 aliphatic rings. The Morgan fingerprint density at radius 3 is 1.40 bits per heavy atom. The standard InChI is InChI=1S/C28H16N6.Pt/c1-3-11-21-19(9-1)23-15-17-7-5-8-18(29-17)16-24-20-10-2-4-12-22(20)28(31-24)34-26-14-6-13-25(32-26)33-27(21)30-23;/h1-16H;/q-2;+2. The largest absolute Gasteiger partial charge is 2.00 e. The minimum absolute atomic E-state index is 0. The number of pyridine rings is 2. The average molecular weight is 632 g/mol. The first-order valence-corrected chi connectivity index (χ1v) is 11.0. The zero-order valence-electron chi connectivity index (χ0n) is 18.2. The molecule has 0 saturated carbocycles. The van der Waals surface area contributed by atoms with Gasteiger partial charge in [0.1, 0.15) is 0 Å². The first-order valence-electron chi connectivity index (χ1n) is 11.0. The van der Waals surface area contributed by atoms with E-state index in [1.807, 2.05) is 84.9 Å². The zero-order chi connectivity index (χ0) is 22.5. The van der Waals surface area contributed by atoms with E-state index in [-0.39, 0.29) is 21.1 Å². The van der Waals surface area contributed by atoms with Crippen molar-refractivity contribution in [3.8, 4) is 0 Å². The quantitative estimate of drug-likeness (QED) is 0.211. The van der Waals surface area contributed by atoms with E-state index >= 15 is 0 Å². The summed E-state index contributed by atoms with van der Waals surface area (Å²) in [6.07, 6.45) is 0. The Hall–Kier alpha value is -4.15. The van der Waals surface area contributed by atoms with E-state index in [4.69, 9.17) is 24.9 Å². The minimum Gasteiger partial charge on any atom is -0.435 e. The van der Waals surface area contributed by atoms with Gasteiger partial charge in [-0.3, -0.25) is 4.98 Å². The predicted molar refractivity (Wildman–Crippen MR) is 136 cm³/mol. The summed E-state index contributed by atoms with van der Waals surface area (Å²) < 4.78 is 0. The molecule has 0 unspecified atom stereocenters. The van der Waals surface area contributed by atoms with Crippen molar-refractivity contribution in [1.29, 1.82) is 0 Å². The van der Waals surface area contributed by atoms with E-state index in [2.05, 4.69) is 17.1 Å². The summed E-state index contributed by atoms with van der Waals surface area (Å²) in [7, 11) is 0. The van der Waals surface area contributed by atoms with E-state index < -0.39 is 0 Å². The van der Waals surface area contributed by atoms with Crippen LogP contribution in [0, 0.1) is 0 Å². The summed E-state index contributed by atoms with van der Waals surface area (Å²) >= 11 is 0. The monoisotopic (exact) mass is 631 g/mol. The van der Waals surface area contributed by atoms with Crippen molar-refractivity contribution in [3.63, 3.8) is 0 Å². The molecular formula is C28H16N6Pt. The van der Waals surface area contributed by atoms with Gasteiger partial charge in [0.05, 0.1) is 22.3 Å². The molecule has 7 rings (SSSR count). The molecule has 5 heterocycles. The van der Waals surface area contributed by atoms with Gasteiger partial charge in [-0.15, -0.1) is 0 Å². The minimum atomic E-state index is 0. The van der Waals surface area contributed by atoms with Crippen LogP contribution in [0.5, 0.6) is 0 Å². The van der Waals surface area contributed by atoms with Crippen molar-refractivity contribution in [2.24, 2.45) is 0 Å². The van der Waals surface area contributed by atoms with Gasteiger partial charge in [0, 0.05) is 0 Å². The molecule has 0 amide bonds. The maximum Gasteiger partial charge on any atom is 2.00 e. The van der Waals surface area contributed by atoms with Crippen LogP contribution in [-0.2, 0) is 21.1 Å². The van der Waals surface area contributed by atoms with E-state index in [1.54, 1.807) is 0 Å². The van der Waals surface area contributed by atoms with Crippen LogP contribution in [0.4, 0.5) is 0 Å². The molecule has 6 nitrogen and oxygen atoms in total. The second-order valence-electron chi connectivity index (χ2n) is 8.09. The number of rotatable bonds is 0. The van der Waals surface area contributed by atoms with Crippen molar-refractivity contribution in [2.45, 2.75) is 0 Å². The Kier molecular flexibility index (Phi) is 5.23. The number of benzene rings is 2. The molecule has 0 spiro atoms. The Balaban J connectivity index is 0.00000229. The Bertz CT molecular complexity index is 1710. The Morgan fingerprint density at radius 2 is 0.886 bits per heavy atom. The van der Waals surface area contributed by atoms with Crippen LogP contribution < -0.4 is 9.97 Å². The molecule has 0 N–H and O–H groups in total. The van der Waals surface area contributed by atoms with Crippen LogP contribution in [0.1, 0.15) is 0 Å². The molecule has 2 aromatic carbocycles. The third-order valence-electron chi connectivity index (χ3n) is 5.86. The second-order valence-corrected chi connectivity index (χ2v) is 8.09. The summed E-state index contributed by atoms with van der Waals surface area (Å²) in [6.45, 7) is 0. The van der Waals surface area contributed by atoms with Gasteiger partial charge in [-0.1, -0.05) is 60.7 Å². The third kappa shape index (κ3) is 3.82. The van der Waals surface area contributed by atoms with Gasteiger partial charge >= 0.3 is 21.1 Å². The Morgan fingerprint density at radius 1 is 0.429 bits per heavy atom. The predicted octanol–water partition coefficient (Wildman–Crippen LogP) is 5.78.